The van der Waals surface area contributed by atoms with Crippen LogP contribution in [0.4, 0.5) is 0 Å². The van der Waals surface area contributed by atoms with E-state index in [1.165, 1.54) is 19.3 Å². The molecule has 5 heteroatoms. The molecule has 2 aliphatic rings. The molecule has 102 valence electrons. The lowest BCUT2D eigenvalue weighted by Crippen LogP contribution is -2.41. The van der Waals surface area contributed by atoms with Crippen LogP contribution in [0.1, 0.15) is 58.6 Å². The summed E-state index contributed by atoms with van der Waals surface area (Å²) in [5, 5.41) is 0. The van der Waals surface area contributed by atoms with Crippen LogP contribution in [-0.2, 0) is 9.31 Å². The van der Waals surface area contributed by atoms with Gasteiger partial charge >= 0.3 is 7.12 Å². The van der Waals surface area contributed by atoms with E-state index in [0.717, 1.165) is 11.3 Å². The average Bonchev–Trinajstić information content (AvgIpc) is 2.46. The van der Waals surface area contributed by atoms with Gasteiger partial charge in [0.1, 0.15) is 0 Å². The zero-order valence-electron chi connectivity index (χ0n) is 12.1. The summed E-state index contributed by atoms with van der Waals surface area (Å²) >= 11 is 0. The third-order valence-electron chi connectivity index (χ3n) is 4.69. The second-order valence-corrected chi connectivity index (χ2v) is 6.58. The Labute approximate surface area is 115 Å². The number of hydrogen-bond acceptors (Lipinski definition) is 4. The van der Waals surface area contributed by atoms with Crippen LogP contribution in [0.3, 0.4) is 0 Å². The van der Waals surface area contributed by atoms with Crippen LogP contribution in [0, 0.1) is 0 Å². The molecule has 1 aliphatic carbocycles. The van der Waals surface area contributed by atoms with Gasteiger partial charge in [-0.3, -0.25) is 9.97 Å². The minimum absolute atomic E-state index is 0.328. The predicted octanol–water partition coefficient (Wildman–Crippen LogP) is 2.04. The predicted molar refractivity (Wildman–Crippen MR) is 74.3 cm³/mol. The van der Waals surface area contributed by atoms with Gasteiger partial charge in [-0.05, 0) is 40.5 Å². The molecule has 0 N–H and O–H groups in total. The quantitative estimate of drug-likeness (QED) is 0.763. The Bertz CT molecular complexity index is 470. The van der Waals surface area contributed by atoms with Crippen molar-refractivity contribution in [2.24, 2.45) is 0 Å². The maximum absolute atomic E-state index is 6.01. The summed E-state index contributed by atoms with van der Waals surface area (Å²) < 4.78 is 12.0. The van der Waals surface area contributed by atoms with Crippen molar-refractivity contribution in [1.82, 2.24) is 9.97 Å². The van der Waals surface area contributed by atoms with Crippen molar-refractivity contribution in [1.29, 1.82) is 0 Å². The van der Waals surface area contributed by atoms with Crippen molar-refractivity contribution >= 4 is 12.7 Å². The fourth-order valence-electron chi connectivity index (χ4n) is 2.37. The zero-order chi connectivity index (χ0) is 13.7. The Kier molecular flexibility index (Phi) is 2.95. The Hall–Kier alpha value is -0.935. The Morgan fingerprint density at radius 2 is 1.74 bits per heavy atom. The highest BCUT2D eigenvalue weighted by Gasteiger charge is 2.52. The van der Waals surface area contributed by atoms with Crippen molar-refractivity contribution in [3.05, 3.63) is 18.1 Å². The largest absolute Gasteiger partial charge is 0.516 e. The van der Waals surface area contributed by atoms with E-state index < -0.39 is 7.12 Å². The van der Waals surface area contributed by atoms with Gasteiger partial charge in [0.05, 0.1) is 22.5 Å². The third-order valence-corrected chi connectivity index (χ3v) is 4.69. The summed E-state index contributed by atoms with van der Waals surface area (Å²) in [6.07, 6.45) is 7.37. The van der Waals surface area contributed by atoms with Crippen LogP contribution >= 0.6 is 0 Å². The first kappa shape index (κ1) is 13.1. The Morgan fingerprint density at radius 3 is 2.26 bits per heavy atom. The second kappa shape index (κ2) is 4.28. The fourth-order valence-corrected chi connectivity index (χ4v) is 2.37. The molecule has 1 aliphatic heterocycles. The van der Waals surface area contributed by atoms with Gasteiger partial charge in [0.2, 0.25) is 0 Å². The summed E-state index contributed by atoms with van der Waals surface area (Å²) in [4.78, 5) is 9.00. The van der Waals surface area contributed by atoms with E-state index in [2.05, 4.69) is 32.7 Å². The first-order valence-corrected chi connectivity index (χ1v) is 7.06. The van der Waals surface area contributed by atoms with Gasteiger partial charge in [-0.2, -0.15) is 0 Å². The smallest absolute Gasteiger partial charge is 0.398 e. The second-order valence-electron chi connectivity index (χ2n) is 6.58. The van der Waals surface area contributed by atoms with Gasteiger partial charge in [-0.25, -0.2) is 0 Å². The van der Waals surface area contributed by atoms with Crippen LogP contribution in [0.2, 0.25) is 0 Å². The van der Waals surface area contributed by atoms with Gasteiger partial charge in [0, 0.05) is 18.3 Å². The molecule has 0 unspecified atom stereocenters. The lowest BCUT2D eigenvalue weighted by Gasteiger charge is -2.32. The van der Waals surface area contributed by atoms with Crippen molar-refractivity contribution in [2.45, 2.75) is 64.1 Å². The minimum atomic E-state index is -0.405. The molecule has 0 radical (unpaired) electrons. The first-order valence-electron chi connectivity index (χ1n) is 7.06. The van der Waals surface area contributed by atoms with E-state index in [4.69, 9.17) is 14.3 Å². The monoisotopic (exact) mass is 260 g/mol. The standard InChI is InChI=1S/C14H21BN2O2/c1-13(2)14(3,4)19-15(18-13)12-9-16-8-11(17-12)10-6-5-7-10/h8-10H,5-7H2,1-4H3. The zero-order valence-corrected chi connectivity index (χ0v) is 12.1. The molecule has 2 fully saturated rings. The highest BCUT2D eigenvalue weighted by molar-refractivity contribution is 6.61. The van der Waals surface area contributed by atoms with Gasteiger partial charge in [0.15, 0.2) is 0 Å². The minimum Gasteiger partial charge on any atom is -0.398 e. The summed E-state index contributed by atoms with van der Waals surface area (Å²) in [6, 6.07) is 0. The molecule has 0 bridgehead atoms. The number of rotatable bonds is 2. The number of aromatic nitrogens is 2. The normalized spacial score (nSPS) is 25.4. The lowest BCUT2D eigenvalue weighted by atomic mass is 9.81. The number of hydrogen-bond donors (Lipinski definition) is 0. The summed E-state index contributed by atoms with van der Waals surface area (Å²) in [5.74, 6) is 0.579. The molecule has 4 nitrogen and oxygen atoms in total. The molecule has 1 saturated carbocycles. The fraction of sp³-hybridized carbons (Fsp3) is 0.714. The summed E-state index contributed by atoms with van der Waals surface area (Å²) in [7, 11) is -0.405. The summed E-state index contributed by atoms with van der Waals surface area (Å²) in [5.41, 5.74) is 1.22. The molecule has 0 amide bonds. The third kappa shape index (κ3) is 2.19. The molecule has 0 aromatic carbocycles. The molecule has 1 aromatic heterocycles. The Morgan fingerprint density at radius 1 is 1.11 bits per heavy atom. The molecule has 1 saturated heterocycles. The van der Waals surface area contributed by atoms with E-state index in [9.17, 15) is 0 Å². The number of nitrogens with zero attached hydrogens (tertiary/aromatic N) is 2. The molecule has 2 heterocycles. The molecule has 3 rings (SSSR count). The Balaban J connectivity index is 1.83. The van der Waals surface area contributed by atoms with Gasteiger partial charge in [0.25, 0.3) is 0 Å². The average molecular weight is 260 g/mol. The van der Waals surface area contributed by atoms with Crippen molar-refractivity contribution < 1.29 is 9.31 Å². The van der Waals surface area contributed by atoms with E-state index in [0.29, 0.717) is 5.92 Å². The van der Waals surface area contributed by atoms with Crippen molar-refractivity contribution in [3.63, 3.8) is 0 Å². The molecular formula is C14H21BN2O2. The van der Waals surface area contributed by atoms with E-state index in [-0.39, 0.29) is 11.2 Å². The molecule has 0 spiro atoms. The van der Waals surface area contributed by atoms with Crippen LogP contribution < -0.4 is 5.59 Å². The molecule has 0 atom stereocenters. The maximum atomic E-state index is 6.01. The SMILES string of the molecule is CC1(C)OB(c2cncc(C3CCC3)n2)OC1(C)C. The maximum Gasteiger partial charge on any atom is 0.516 e. The lowest BCUT2D eigenvalue weighted by molar-refractivity contribution is 0.00578. The van der Waals surface area contributed by atoms with E-state index >= 15 is 0 Å². The van der Waals surface area contributed by atoms with E-state index in [1.54, 1.807) is 6.20 Å². The van der Waals surface area contributed by atoms with Crippen molar-refractivity contribution in [2.75, 3.05) is 0 Å². The first-order chi connectivity index (χ1) is 8.89. The highest BCUT2D eigenvalue weighted by atomic mass is 16.7. The molecular weight excluding hydrogens is 239 g/mol. The van der Waals surface area contributed by atoms with Crippen LogP contribution in [-0.4, -0.2) is 28.3 Å². The van der Waals surface area contributed by atoms with Crippen LogP contribution in [0.15, 0.2) is 12.4 Å². The van der Waals surface area contributed by atoms with Gasteiger partial charge < -0.3 is 9.31 Å². The van der Waals surface area contributed by atoms with Gasteiger partial charge in [-0.1, -0.05) is 6.42 Å². The topological polar surface area (TPSA) is 44.2 Å². The molecule has 1 aromatic rings. The van der Waals surface area contributed by atoms with Crippen LogP contribution in [0.25, 0.3) is 0 Å². The molecule has 19 heavy (non-hydrogen) atoms. The van der Waals surface area contributed by atoms with Gasteiger partial charge in [-0.15, -0.1) is 0 Å². The summed E-state index contributed by atoms with van der Waals surface area (Å²) in [6.45, 7) is 8.21. The van der Waals surface area contributed by atoms with E-state index in [1.807, 2.05) is 6.20 Å². The van der Waals surface area contributed by atoms with Crippen LogP contribution in [0.5, 0.6) is 0 Å². The van der Waals surface area contributed by atoms with Crippen molar-refractivity contribution in [3.8, 4) is 0 Å². The highest BCUT2D eigenvalue weighted by Crippen LogP contribution is 2.37.